The van der Waals surface area contributed by atoms with Crippen LogP contribution in [0.3, 0.4) is 0 Å². The molecule has 12 N–H and O–H groups in total. The molecule has 0 aliphatic heterocycles. The molecule has 22 nitrogen and oxygen atoms in total. The average molecular weight is 814 g/mol. The molecule has 0 saturated heterocycles. The lowest BCUT2D eigenvalue weighted by atomic mass is 10.1. The first kappa shape index (κ1) is 47.9. The van der Waals surface area contributed by atoms with Crippen molar-refractivity contribution in [2.24, 2.45) is 0 Å². The van der Waals surface area contributed by atoms with Gasteiger partial charge in [-0.2, -0.15) is 12.6 Å². The molecule has 1 rings (SSSR count). The van der Waals surface area contributed by atoms with E-state index < -0.39 is 103 Å². The molecule has 0 fully saturated rings. The van der Waals surface area contributed by atoms with Crippen molar-refractivity contribution in [1.29, 1.82) is 0 Å². The van der Waals surface area contributed by atoms with Gasteiger partial charge in [-0.05, 0) is 43.7 Å². The molecular weight excluding hydrogens is 766 g/mol. The van der Waals surface area contributed by atoms with E-state index in [2.05, 4.69) is 44.5 Å². The second-order valence-corrected chi connectivity index (χ2v) is 12.8. The lowest BCUT2D eigenvalue weighted by molar-refractivity contribution is -0.144. The van der Waals surface area contributed by atoms with Crippen LogP contribution >= 0.6 is 12.6 Å². The summed E-state index contributed by atoms with van der Waals surface area (Å²) in [6, 6.07) is -1.59. The third-order valence-electron chi connectivity index (χ3n) is 7.66. The third kappa shape index (κ3) is 20.4. The Morgan fingerprint density at radius 2 is 1.12 bits per heavy atom. The summed E-state index contributed by atoms with van der Waals surface area (Å²) in [5, 5.41) is 61.9. The molecular formula is C33H47N7O15S. The van der Waals surface area contributed by atoms with Crippen LogP contribution in [-0.2, 0) is 51.3 Å². The zero-order chi connectivity index (χ0) is 42.4. The van der Waals surface area contributed by atoms with Gasteiger partial charge < -0.3 is 62.8 Å². The first-order valence-electron chi connectivity index (χ1n) is 17.1. The van der Waals surface area contributed by atoms with Crippen molar-refractivity contribution in [3.8, 4) is 0 Å². The lowest BCUT2D eigenvalue weighted by Gasteiger charge is -2.22. The smallest absolute Gasteiger partial charge is 0.327 e. The SMILES string of the molecule is C[C@H](CCCCNC(=O)NCc1ccc(CC(=O)N[C@H](CC(=O)O)C(=O)N[C@H](CC(=O)O)C(=O)N[C@@H](CS)C(=O)O)cc1)NC(=O)N[C@@H](CCC(=O)O)C(=O)O. The zero-order valence-electron chi connectivity index (χ0n) is 30.2. The summed E-state index contributed by atoms with van der Waals surface area (Å²) in [5.41, 5.74) is 1.10. The summed E-state index contributed by atoms with van der Waals surface area (Å²) in [6.45, 7) is 2.13. The van der Waals surface area contributed by atoms with E-state index in [0.717, 1.165) is 0 Å². The quantitative estimate of drug-likeness (QED) is 0.0379. The van der Waals surface area contributed by atoms with Gasteiger partial charge in [-0.15, -0.1) is 0 Å². The van der Waals surface area contributed by atoms with Crippen LogP contribution in [0.4, 0.5) is 9.59 Å². The molecule has 0 aromatic heterocycles. The highest BCUT2D eigenvalue weighted by atomic mass is 32.1. The largest absolute Gasteiger partial charge is 0.481 e. The number of urea groups is 2. The highest BCUT2D eigenvalue weighted by molar-refractivity contribution is 7.80. The number of nitrogens with one attached hydrogen (secondary N) is 7. The van der Waals surface area contributed by atoms with Crippen molar-refractivity contribution in [3.63, 3.8) is 0 Å². The maximum atomic E-state index is 12.9. The molecule has 7 amide bonds. The van der Waals surface area contributed by atoms with Crippen molar-refractivity contribution in [3.05, 3.63) is 35.4 Å². The molecule has 0 heterocycles. The number of hydrogen-bond donors (Lipinski definition) is 13. The Labute approximate surface area is 325 Å². The Bertz CT molecular complexity index is 1580. The average Bonchev–Trinajstić information content (AvgIpc) is 3.10. The number of benzene rings is 1. The number of aliphatic carboxylic acids is 5. The Morgan fingerprint density at radius 1 is 0.589 bits per heavy atom. The molecule has 0 radical (unpaired) electrons. The van der Waals surface area contributed by atoms with Gasteiger partial charge in [0, 0.05) is 31.3 Å². The lowest BCUT2D eigenvalue weighted by Crippen LogP contribution is -2.57. The topological polar surface area (TPSA) is 356 Å². The van der Waals surface area contributed by atoms with Crippen molar-refractivity contribution < 1.29 is 73.5 Å². The van der Waals surface area contributed by atoms with E-state index in [1.807, 2.05) is 5.32 Å². The van der Waals surface area contributed by atoms with Crippen LogP contribution in [0.25, 0.3) is 0 Å². The maximum absolute atomic E-state index is 12.9. The van der Waals surface area contributed by atoms with Gasteiger partial charge in [0.05, 0.1) is 19.3 Å². The molecule has 23 heteroatoms. The minimum atomic E-state index is -1.81. The Balaban J connectivity index is 2.56. The van der Waals surface area contributed by atoms with E-state index in [0.29, 0.717) is 36.9 Å². The minimum Gasteiger partial charge on any atom is -0.481 e. The zero-order valence-corrected chi connectivity index (χ0v) is 31.1. The molecule has 1 aromatic carbocycles. The predicted molar refractivity (Wildman–Crippen MR) is 195 cm³/mol. The highest BCUT2D eigenvalue weighted by Gasteiger charge is 2.32. The fourth-order valence-corrected chi connectivity index (χ4v) is 4.99. The number of carbonyl (C=O) groups is 10. The van der Waals surface area contributed by atoms with Crippen LogP contribution in [0.5, 0.6) is 0 Å². The number of amides is 7. The van der Waals surface area contributed by atoms with Gasteiger partial charge in [-0.25, -0.2) is 19.2 Å². The van der Waals surface area contributed by atoms with Crippen molar-refractivity contribution in [1.82, 2.24) is 37.2 Å². The number of unbranched alkanes of at least 4 members (excludes halogenated alkanes) is 1. The van der Waals surface area contributed by atoms with Crippen LogP contribution in [0.2, 0.25) is 0 Å². The molecule has 0 aliphatic rings. The van der Waals surface area contributed by atoms with Crippen LogP contribution < -0.4 is 37.2 Å². The fraction of sp³-hybridized carbons (Fsp3) is 0.515. The summed E-state index contributed by atoms with van der Waals surface area (Å²) >= 11 is 3.79. The Kier molecular flexibility index (Phi) is 21.4. The second-order valence-electron chi connectivity index (χ2n) is 12.4. The summed E-state index contributed by atoms with van der Waals surface area (Å²) < 4.78 is 0. The van der Waals surface area contributed by atoms with E-state index in [-0.39, 0.29) is 31.2 Å². The Morgan fingerprint density at radius 3 is 1.64 bits per heavy atom. The summed E-state index contributed by atoms with van der Waals surface area (Å²) in [4.78, 5) is 118. The number of thiol groups is 1. The normalized spacial score (nSPS) is 13.2. The van der Waals surface area contributed by atoms with Crippen LogP contribution in [0.15, 0.2) is 24.3 Å². The number of hydrogen-bond acceptors (Lipinski definition) is 11. The molecule has 0 unspecified atom stereocenters. The maximum Gasteiger partial charge on any atom is 0.327 e. The summed E-state index contributed by atoms with van der Waals surface area (Å²) in [7, 11) is 0. The van der Waals surface area contributed by atoms with E-state index in [1.54, 1.807) is 31.2 Å². The van der Waals surface area contributed by atoms with Gasteiger partial charge in [-0.3, -0.25) is 28.8 Å². The standard InChI is InChI=1S/C33H47N7O15S/c1-17(36-33(55)40-20(30(50)51)9-10-25(42)43)4-2-3-11-34-32(54)35-15-19-7-5-18(6-8-19)12-24(41)37-21(13-26(44)45)28(48)38-22(14-27(46)47)29(49)39-23(16-56)31(52)53/h5-8,17,20-23,56H,2-4,9-16H2,1H3,(H,37,41)(H,38,48)(H,39,49)(H,42,43)(H,44,45)(H,46,47)(H,50,51)(H,52,53)(H2,34,35,54)(H2,36,40,55)/t17-,20+,21-,22-,23+/m1/s1. The molecule has 0 aliphatic carbocycles. The van der Waals surface area contributed by atoms with Crippen LogP contribution in [-0.4, -0.2) is 128 Å². The predicted octanol–water partition coefficient (Wildman–Crippen LogP) is -1.38. The van der Waals surface area contributed by atoms with E-state index in [1.165, 1.54) is 0 Å². The number of carboxylic acid groups (broad SMARTS) is 5. The van der Waals surface area contributed by atoms with Gasteiger partial charge in [0.15, 0.2) is 0 Å². The molecule has 1 aromatic rings. The van der Waals surface area contributed by atoms with Gasteiger partial charge >= 0.3 is 41.9 Å². The van der Waals surface area contributed by atoms with Gasteiger partial charge in [-0.1, -0.05) is 24.3 Å². The molecule has 310 valence electrons. The van der Waals surface area contributed by atoms with E-state index >= 15 is 0 Å². The first-order chi connectivity index (χ1) is 26.3. The summed E-state index contributed by atoms with van der Waals surface area (Å²) in [5.74, 6) is -10.6. The number of rotatable bonds is 26. The first-order valence-corrected chi connectivity index (χ1v) is 17.7. The van der Waals surface area contributed by atoms with Crippen molar-refractivity contribution >= 4 is 72.3 Å². The molecule has 0 spiro atoms. The van der Waals surface area contributed by atoms with Crippen LogP contribution in [0, 0.1) is 0 Å². The van der Waals surface area contributed by atoms with E-state index in [9.17, 15) is 58.2 Å². The van der Waals surface area contributed by atoms with Crippen LogP contribution in [0.1, 0.15) is 63.0 Å². The molecule has 56 heavy (non-hydrogen) atoms. The summed E-state index contributed by atoms with van der Waals surface area (Å²) in [6.07, 6.45) is -1.22. The number of carboxylic acids is 5. The highest BCUT2D eigenvalue weighted by Crippen LogP contribution is 2.07. The second kappa shape index (κ2) is 25.0. The van der Waals surface area contributed by atoms with Gasteiger partial charge in [0.2, 0.25) is 17.7 Å². The van der Waals surface area contributed by atoms with Crippen molar-refractivity contribution in [2.75, 3.05) is 12.3 Å². The Hall–Kier alpha value is -6.13. The van der Waals surface area contributed by atoms with Crippen molar-refractivity contribution in [2.45, 2.75) is 95.0 Å². The minimum absolute atomic E-state index is 0.116. The van der Waals surface area contributed by atoms with E-state index in [4.69, 9.17) is 15.3 Å². The van der Waals surface area contributed by atoms with Gasteiger partial charge in [0.25, 0.3) is 0 Å². The third-order valence-corrected chi connectivity index (χ3v) is 8.02. The monoisotopic (exact) mass is 813 g/mol. The molecule has 0 bridgehead atoms. The molecule has 0 saturated carbocycles. The number of carbonyl (C=O) groups excluding carboxylic acids is 5. The molecule has 5 atom stereocenters. The van der Waals surface area contributed by atoms with Gasteiger partial charge in [0.1, 0.15) is 24.2 Å². The fourth-order valence-electron chi connectivity index (χ4n) is 4.75.